The van der Waals surface area contributed by atoms with E-state index in [0.717, 1.165) is 38.5 Å². The Morgan fingerprint density at radius 3 is 2.88 bits per heavy atom. The minimum absolute atomic E-state index is 0.258. The lowest BCUT2D eigenvalue weighted by molar-refractivity contribution is 0.183. The maximum atomic E-state index is 10.6. The molecule has 0 aromatic heterocycles. The van der Waals surface area contributed by atoms with Crippen LogP contribution in [0.15, 0.2) is 28.6 Å². The van der Waals surface area contributed by atoms with Crippen LogP contribution in [0, 0.1) is 10.8 Å². The first-order valence-corrected chi connectivity index (χ1v) is 6.58. The summed E-state index contributed by atoms with van der Waals surface area (Å²) in [5.74, 6) is 0.596. The molecule has 0 aromatic carbocycles. The third-order valence-electron chi connectivity index (χ3n) is 3.46. The summed E-state index contributed by atoms with van der Waals surface area (Å²) in [5.41, 5.74) is 2.00. The molecule has 2 unspecified atom stereocenters. The molecule has 0 saturated carbocycles. The molecule has 0 amide bonds. The van der Waals surface area contributed by atoms with Crippen LogP contribution in [-0.4, -0.2) is 11.2 Å². The van der Waals surface area contributed by atoms with E-state index in [4.69, 9.17) is 0 Å². The van der Waals surface area contributed by atoms with Gasteiger partial charge in [-0.25, -0.2) is 0 Å². The second-order valence-corrected chi connectivity index (χ2v) is 4.88. The van der Waals surface area contributed by atoms with Crippen LogP contribution in [0.4, 0.5) is 0 Å². The third-order valence-corrected chi connectivity index (χ3v) is 3.46. The second-order valence-electron chi connectivity index (χ2n) is 4.88. The van der Waals surface area contributed by atoms with Crippen LogP contribution in [0.3, 0.4) is 0 Å². The van der Waals surface area contributed by atoms with Gasteiger partial charge in [-0.15, -0.1) is 4.91 Å². The molecule has 17 heavy (non-hydrogen) atoms. The van der Waals surface area contributed by atoms with Crippen LogP contribution in [0.2, 0.25) is 0 Å². The average Bonchev–Trinajstić information content (AvgIpc) is 2.28. The van der Waals surface area contributed by atoms with Gasteiger partial charge in [0.2, 0.25) is 0 Å². The lowest BCUT2D eigenvalue weighted by Gasteiger charge is -2.21. The summed E-state index contributed by atoms with van der Waals surface area (Å²) < 4.78 is 0. The fourth-order valence-corrected chi connectivity index (χ4v) is 2.34. The lowest BCUT2D eigenvalue weighted by atomic mass is 9.86. The van der Waals surface area contributed by atoms with Crippen molar-refractivity contribution < 1.29 is 5.11 Å². The van der Waals surface area contributed by atoms with Gasteiger partial charge in [-0.3, -0.25) is 0 Å². The molecular weight excluding hydrogens is 214 g/mol. The van der Waals surface area contributed by atoms with Crippen molar-refractivity contribution >= 4 is 0 Å². The van der Waals surface area contributed by atoms with Crippen LogP contribution < -0.4 is 0 Å². The lowest BCUT2D eigenvalue weighted by Crippen LogP contribution is -2.08. The predicted molar refractivity (Wildman–Crippen MR) is 70.5 cm³/mol. The van der Waals surface area contributed by atoms with Crippen molar-refractivity contribution in [3.05, 3.63) is 28.3 Å². The molecule has 0 aromatic rings. The number of aliphatic hydroxyl groups is 1. The average molecular weight is 237 g/mol. The maximum absolute atomic E-state index is 10.6. The zero-order chi connectivity index (χ0) is 12.7. The number of rotatable bonds is 5. The van der Waals surface area contributed by atoms with E-state index < -0.39 is 0 Å². The molecule has 0 heterocycles. The molecular formula is C14H23NO2. The SMILES string of the molecule is CCC1CCC/C(N=O)=C\C=C1CCC(C)O. The summed E-state index contributed by atoms with van der Waals surface area (Å²) in [5, 5.41) is 12.4. The van der Waals surface area contributed by atoms with Gasteiger partial charge in [0.15, 0.2) is 0 Å². The van der Waals surface area contributed by atoms with Gasteiger partial charge in [-0.1, -0.05) is 18.6 Å². The molecule has 0 bridgehead atoms. The Hall–Kier alpha value is -0.960. The summed E-state index contributed by atoms with van der Waals surface area (Å²) in [6.45, 7) is 4.02. The van der Waals surface area contributed by atoms with Crippen molar-refractivity contribution in [1.29, 1.82) is 0 Å². The Bertz CT molecular complexity index is 305. The van der Waals surface area contributed by atoms with Gasteiger partial charge in [0.25, 0.3) is 0 Å². The summed E-state index contributed by atoms with van der Waals surface area (Å²) in [6.07, 6.45) is 9.42. The third kappa shape index (κ3) is 4.82. The highest BCUT2D eigenvalue weighted by atomic mass is 16.3. The van der Waals surface area contributed by atoms with Gasteiger partial charge in [-0.05, 0) is 62.6 Å². The monoisotopic (exact) mass is 237 g/mol. The first kappa shape index (κ1) is 14.1. The molecule has 1 N–H and O–H groups in total. The van der Waals surface area contributed by atoms with E-state index in [1.165, 1.54) is 5.57 Å². The van der Waals surface area contributed by atoms with Crippen LogP contribution in [0.1, 0.15) is 52.4 Å². The standard InChI is InChI=1S/C14H23NO2/c1-3-12-5-4-6-14(15-17)10-9-13(12)8-7-11(2)16/h9-12,16H,3-8H2,1-2H3/b13-9?,14-10+. The van der Waals surface area contributed by atoms with Crippen LogP contribution >= 0.6 is 0 Å². The highest BCUT2D eigenvalue weighted by molar-refractivity contribution is 5.21. The van der Waals surface area contributed by atoms with E-state index in [-0.39, 0.29) is 6.10 Å². The molecule has 0 radical (unpaired) electrons. The first-order valence-electron chi connectivity index (χ1n) is 6.58. The zero-order valence-electron chi connectivity index (χ0n) is 10.9. The maximum Gasteiger partial charge on any atom is 0.0849 e. The van der Waals surface area contributed by atoms with Gasteiger partial charge >= 0.3 is 0 Å². The Labute approximate surface area is 104 Å². The van der Waals surface area contributed by atoms with E-state index in [1.54, 1.807) is 0 Å². The molecule has 3 heteroatoms. The van der Waals surface area contributed by atoms with E-state index in [0.29, 0.717) is 11.6 Å². The van der Waals surface area contributed by atoms with Gasteiger partial charge < -0.3 is 5.11 Å². The van der Waals surface area contributed by atoms with Gasteiger partial charge in [0, 0.05) is 0 Å². The van der Waals surface area contributed by atoms with E-state index >= 15 is 0 Å². The fourth-order valence-electron chi connectivity index (χ4n) is 2.34. The van der Waals surface area contributed by atoms with Crippen molar-refractivity contribution in [3.63, 3.8) is 0 Å². The predicted octanol–water partition coefficient (Wildman–Crippen LogP) is 3.93. The van der Waals surface area contributed by atoms with Crippen molar-refractivity contribution in [3.8, 4) is 0 Å². The molecule has 0 aliphatic heterocycles. The molecule has 0 spiro atoms. The summed E-state index contributed by atoms with van der Waals surface area (Å²) in [6, 6.07) is 0. The topological polar surface area (TPSA) is 49.7 Å². The fraction of sp³-hybridized carbons (Fsp3) is 0.714. The molecule has 2 atom stereocenters. The van der Waals surface area contributed by atoms with E-state index in [9.17, 15) is 10.0 Å². The summed E-state index contributed by atoms with van der Waals surface area (Å²) in [4.78, 5) is 10.6. The Morgan fingerprint density at radius 2 is 2.29 bits per heavy atom. The highest BCUT2D eigenvalue weighted by Gasteiger charge is 2.15. The highest BCUT2D eigenvalue weighted by Crippen LogP contribution is 2.29. The van der Waals surface area contributed by atoms with Crippen molar-refractivity contribution in [2.75, 3.05) is 0 Å². The van der Waals surface area contributed by atoms with Crippen molar-refractivity contribution in [2.45, 2.75) is 58.5 Å². The van der Waals surface area contributed by atoms with E-state index in [1.807, 2.05) is 19.1 Å². The zero-order valence-corrected chi connectivity index (χ0v) is 10.9. The quantitative estimate of drug-likeness (QED) is 0.736. The molecule has 96 valence electrons. The largest absolute Gasteiger partial charge is 0.393 e. The number of aliphatic hydroxyl groups excluding tert-OH is 1. The van der Waals surface area contributed by atoms with Crippen LogP contribution in [-0.2, 0) is 0 Å². The van der Waals surface area contributed by atoms with Crippen molar-refractivity contribution in [1.82, 2.24) is 0 Å². The molecule has 3 nitrogen and oxygen atoms in total. The van der Waals surface area contributed by atoms with Gasteiger partial charge in [0.1, 0.15) is 0 Å². The Kier molecular flexibility index (Phi) is 6.12. The number of allylic oxidation sites excluding steroid dienone is 4. The van der Waals surface area contributed by atoms with Crippen LogP contribution in [0.5, 0.6) is 0 Å². The molecule has 1 aliphatic carbocycles. The summed E-state index contributed by atoms with van der Waals surface area (Å²) >= 11 is 0. The number of hydrogen-bond donors (Lipinski definition) is 1. The number of nitroso groups, excluding NO2 is 1. The van der Waals surface area contributed by atoms with E-state index in [2.05, 4.69) is 12.1 Å². The van der Waals surface area contributed by atoms with Gasteiger partial charge in [-0.2, -0.15) is 0 Å². The number of hydrogen-bond acceptors (Lipinski definition) is 3. The van der Waals surface area contributed by atoms with Gasteiger partial charge in [0.05, 0.1) is 11.8 Å². The molecule has 1 rings (SSSR count). The molecule has 0 fully saturated rings. The Morgan fingerprint density at radius 1 is 1.53 bits per heavy atom. The van der Waals surface area contributed by atoms with Crippen molar-refractivity contribution in [2.24, 2.45) is 11.1 Å². The summed E-state index contributed by atoms with van der Waals surface area (Å²) in [7, 11) is 0. The van der Waals surface area contributed by atoms with Crippen LogP contribution in [0.25, 0.3) is 0 Å². The Balaban J connectivity index is 2.77. The molecule has 1 aliphatic rings. The normalized spacial score (nSPS) is 26.2. The smallest absolute Gasteiger partial charge is 0.0849 e. The second kappa shape index (κ2) is 7.38. The molecule has 0 saturated heterocycles. The number of nitrogens with zero attached hydrogens (tertiary/aromatic N) is 1. The minimum Gasteiger partial charge on any atom is -0.393 e. The minimum atomic E-state index is -0.258. The first-order chi connectivity index (χ1) is 8.17.